The summed E-state index contributed by atoms with van der Waals surface area (Å²) in [4.78, 5) is 4.89. The molecule has 0 N–H and O–H groups in total. The minimum atomic E-state index is -2.44. The largest absolute Gasteiger partial charge is 0.458 e. The molecule has 0 unspecified atom stereocenters. The number of aromatic nitrogens is 4. The first-order chi connectivity index (χ1) is 29.0. The summed E-state index contributed by atoms with van der Waals surface area (Å²) >= 11 is 0. The maximum atomic E-state index is 8.41. The van der Waals surface area contributed by atoms with Gasteiger partial charge in [-0.3, -0.25) is 4.57 Å². The molecule has 0 spiro atoms. The van der Waals surface area contributed by atoms with Crippen molar-refractivity contribution in [3.8, 4) is 23.0 Å². The second kappa shape index (κ2) is 14.2. The quantitative estimate of drug-likeness (QED) is 0.0922. The van der Waals surface area contributed by atoms with Gasteiger partial charge in [0.25, 0.3) is 0 Å². The van der Waals surface area contributed by atoms with Gasteiger partial charge in [0, 0.05) is 23.0 Å². The Balaban J connectivity index is 1.28. The molecule has 0 radical (unpaired) electrons. The highest BCUT2D eigenvalue weighted by molar-refractivity contribution is 6.96. The van der Waals surface area contributed by atoms with E-state index in [0.29, 0.717) is 17.0 Å². The number of rotatable bonds is 7. The van der Waals surface area contributed by atoms with E-state index in [9.17, 15) is 0 Å². The van der Waals surface area contributed by atoms with Crippen LogP contribution in [0.1, 0.15) is 58.3 Å². The lowest BCUT2D eigenvalue weighted by atomic mass is 9.34. The summed E-state index contributed by atoms with van der Waals surface area (Å²) < 4.78 is 37.6. The second-order valence-corrected chi connectivity index (χ2v) is 16.9. The number of para-hydroxylation sites is 3. The molecular formula is C52H49BN4O. The minimum Gasteiger partial charge on any atom is -0.458 e. The standard InChI is InChI=1S/C52H49BN4O/c1-33-18-21-45(35(3)24-33)53(51-36(4)25-34(2)26-37(51)5)39-28-40(56-32-55(9)47-16-12-13-17-48(47)56)30-42(29-39)58-41-19-20-44-43-14-10-11-15-46(43)57(49(44)31-41)50-27-38(22-23-54-50)52(6,7)8/h10-31H,1-9H3/i9D3. The molecule has 0 aliphatic rings. The molecule has 3 aromatic heterocycles. The fourth-order valence-corrected chi connectivity index (χ4v) is 8.91. The van der Waals surface area contributed by atoms with E-state index in [2.05, 4.69) is 157 Å². The number of hydrogen-bond donors (Lipinski definition) is 0. The van der Waals surface area contributed by atoms with Crippen LogP contribution in [0.3, 0.4) is 0 Å². The van der Waals surface area contributed by atoms with Gasteiger partial charge in [-0.15, -0.1) is 0 Å². The summed E-state index contributed by atoms with van der Waals surface area (Å²) in [5.41, 5.74) is 14.7. The highest BCUT2D eigenvalue weighted by Crippen LogP contribution is 2.36. The van der Waals surface area contributed by atoms with Crippen molar-refractivity contribution in [1.29, 1.82) is 0 Å². The normalized spacial score (nSPS) is 12.9. The number of pyridine rings is 1. The second-order valence-electron chi connectivity index (χ2n) is 16.9. The van der Waals surface area contributed by atoms with Crippen LogP contribution in [-0.4, -0.2) is 20.8 Å². The number of aryl methyl sites for hydroxylation is 6. The summed E-state index contributed by atoms with van der Waals surface area (Å²) in [5, 5.41) is 2.23. The third kappa shape index (κ3) is 6.57. The molecule has 0 atom stereocenters. The van der Waals surface area contributed by atoms with E-state index in [0.717, 1.165) is 44.3 Å². The van der Waals surface area contributed by atoms with Crippen molar-refractivity contribution in [3.05, 3.63) is 173 Å². The van der Waals surface area contributed by atoms with Gasteiger partial charge in [0.05, 0.1) is 38.8 Å². The van der Waals surface area contributed by atoms with Crippen LogP contribution in [0.5, 0.6) is 11.5 Å². The van der Waals surface area contributed by atoms with Gasteiger partial charge in [0.15, 0.2) is 0 Å². The Morgan fingerprint density at radius 2 is 1.40 bits per heavy atom. The van der Waals surface area contributed by atoms with E-state index in [4.69, 9.17) is 13.8 Å². The van der Waals surface area contributed by atoms with E-state index in [-0.39, 0.29) is 12.1 Å². The Morgan fingerprint density at radius 1 is 0.672 bits per heavy atom. The van der Waals surface area contributed by atoms with Crippen molar-refractivity contribution in [2.75, 3.05) is 0 Å². The lowest BCUT2D eigenvalue weighted by molar-refractivity contribution is -0.649. The van der Waals surface area contributed by atoms with Gasteiger partial charge in [-0.25, -0.2) is 4.98 Å². The van der Waals surface area contributed by atoms with Crippen molar-refractivity contribution in [1.82, 2.24) is 14.1 Å². The smallest absolute Gasteiger partial charge is 0.244 e. The topological polar surface area (TPSA) is 35.9 Å². The van der Waals surface area contributed by atoms with Crippen LogP contribution in [0.4, 0.5) is 0 Å². The van der Waals surface area contributed by atoms with Crippen LogP contribution in [0.25, 0.3) is 44.3 Å². The fourth-order valence-electron chi connectivity index (χ4n) is 8.91. The highest BCUT2D eigenvalue weighted by Gasteiger charge is 2.28. The fraction of sp³-hybridized carbons (Fsp3) is 0.192. The van der Waals surface area contributed by atoms with Gasteiger partial charge in [-0.2, -0.15) is 0 Å². The molecule has 0 saturated heterocycles. The average Bonchev–Trinajstić information content (AvgIpc) is 3.76. The summed E-state index contributed by atoms with van der Waals surface area (Å²) in [6.07, 6.45) is 5.11. The van der Waals surface area contributed by atoms with Crippen molar-refractivity contribution < 1.29 is 13.4 Å². The molecule has 0 bridgehead atoms. The predicted molar refractivity (Wildman–Crippen MR) is 242 cm³/mol. The molecule has 6 heteroatoms. The molecule has 0 fully saturated rings. The Morgan fingerprint density at radius 3 is 2.16 bits per heavy atom. The summed E-state index contributed by atoms with van der Waals surface area (Å²) in [5.74, 6) is 2.13. The zero-order chi connectivity index (χ0) is 43.0. The average molecular weight is 760 g/mol. The van der Waals surface area contributed by atoms with E-state index >= 15 is 0 Å². The SMILES string of the molecule is [2H]C([2H])([2H])[n+]1[c-]n(-c2cc(Oc3ccc4c5ccccc5n(-c5cc(C(C)(C)C)ccn5)c4c3)cc(B(c3ccc(C)cc3C)c3c(C)cc(C)cc3C)c2)c2ccccc21. The van der Waals surface area contributed by atoms with Gasteiger partial charge < -0.3 is 13.9 Å². The number of hydrogen-bond acceptors (Lipinski definition) is 2. The van der Waals surface area contributed by atoms with E-state index < -0.39 is 6.98 Å². The molecule has 6 aromatic carbocycles. The van der Waals surface area contributed by atoms with Gasteiger partial charge in [-0.1, -0.05) is 144 Å². The molecule has 3 heterocycles. The first-order valence-electron chi connectivity index (χ1n) is 21.5. The number of fused-ring (bicyclic) bond motifs is 4. The lowest BCUT2D eigenvalue weighted by Gasteiger charge is -2.24. The molecule has 0 aliphatic heterocycles. The summed E-state index contributed by atoms with van der Waals surface area (Å²) in [7, 11) is 0. The van der Waals surface area contributed by atoms with E-state index in [1.165, 1.54) is 48.9 Å². The lowest BCUT2D eigenvalue weighted by Crippen LogP contribution is -2.55. The van der Waals surface area contributed by atoms with Gasteiger partial charge in [-0.05, 0) is 88.1 Å². The molecule has 286 valence electrons. The Kier molecular flexibility index (Phi) is 8.26. The van der Waals surface area contributed by atoms with E-state index in [1.807, 2.05) is 47.2 Å². The molecule has 5 nitrogen and oxygen atoms in total. The van der Waals surface area contributed by atoms with Crippen molar-refractivity contribution in [3.63, 3.8) is 0 Å². The zero-order valence-corrected chi connectivity index (χ0v) is 34.5. The summed E-state index contributed by atoms with van der Waals surface area (Å²) in [6, 6.07) is 44.0. The minimum absolute atomic E-state index is 0.0523. The first kappa shape index (κ1) is 33.7. The molecule has 0 saturated carbocycles. The molecule has 58 heavy (non-hydrogen) atoms. The molecule has 0 aliphatic carbocycles. The molecule has 9 rings (SSSR count). The zero-order valence-electron chi connectivity index (χ0n) is 37.5. The third-order valence-electron chi connectivity index (χ3n) is 11.6. The van der Waals surface area contributed by atoms with Gasteiger partial charge in [0.1, 0.15) is 17.3 Å². The van der Waals surface area contributed by atoms with Gasteiger partial charge >= 0.3 is 0 Å². The Bertz CT molecular complexity index is 3150. The first-order valence-corrected chi connectivity index (χ1v) is 20.0. The van der Waals surface area contributed by atoms with Crippen LogP contribution < -0.4 is 25.7 Å². The van der Waals surface area contributed by atoms with Crippen molar-refractivity contribution >= 4 is 55.9 Å². The van der Waals surface area contributed by atoms with Crippen molar-refractivity contribution in [2.24, 2.45) is 6.98 Å². The Hall–Kier alpha value is -6.40. The molecular weight excluding hydrogens is 707 g/mol. The van der Waals surface area contributed by atoms with Crippen LogP contribution >= 0.6 is 0 Å². The predicted octanol–water partition coefficient (Wildman–Crippen LogP) is 9.90. The summed E-state index contributed by atoms with van der Waals surface area (Å²) in [6.45, 7) is 14.9. The van der Waals surface area contributed by atoms with Gasteiger partial charge in [0.2, 0.25) is 13.0 Å². The number of benzene rings is 6. The monoisotopic (exact) mass is 759 g/mol. The van der Waals surface area contributed by atoms with Crippen LogP contribution in [0.15, 0.2) is 134 Å². The Labute approximate surface area is 346 Å². The number of nitrogens with zero attached hydrogens (tertiary/aromatic N) is 4. The third-order valence-corrected chi connectivity index (χ3v) is 11.6. The van der Waals surface area contributed by atoms with Crippen molar-refractivity contribution in [2.45, 2.75) is 60.8 Å². The molecule has 0 amide bonds. The highest BCUT2D eigenvalue weighted by atomic mass is 16.5. The molecule has 9 aromatic rings. The van der Waals surface area contributed by atoms with Crippen LogP contribution in [-0.2, 0) is 12.4 Å². The maximum absolute atomic E-state index is 8.41. The maximum Gasteiger partial charge on any atom is 0.244 e. The number of ether oxygens (including phenoxy) is 1. The number of imidazole rings is 1. The van der Waals surface area contributed by atoms with Crippen LogP contribution in [0, 0.1) is 40.9 Å². The van der Waals surface area contributed by atoms with Crippen LogP contribution in [0.2, 0.25) is 0 Å². The van der Waals surface area contributed by atoms with E-state index in [1.54, 1.807) is 0 Å².